The molecule has 0 bridgehead atoms. The number of nitrogens with zero attached hydrogens (tertiary/aromatic N) is 4. The van der Waals surface area contributed by atoms with Gasteiger partial charge < -0.3 is 20.2 Å². The summed E-state index contributed by atoms with van der Waals surface area (Å²) in [5.74, 6) is 1.77. The van der Waals surface area contributed by atoms with Crippen LogP contribution in [0, 0.1) is 13.8 Å². The maximum atomic E-state index is 5.61. The highest BCUT2D eigenvalue weighted by Gasteiger charge is 2.09. The lowest BCUT2D eigenvalue weighted by Gasteiger charge is -2.09. The van der Waals surface area contributed by atoms with Crippen molar-refractivity contribution < 1.29 is 9.15 Å². The topological polar surface area (TPSA) is 112 Å². The molecular formula is C12H18N6O2. The molecule has 8 heteroatoms. The van der Waals surface area contributed by atoms with E-state index in [0.29, 0.717) is 18.4 Å². The van der Waals surface area contributed by atoms with Crippen molar-refractivity contribution in [3.63, 3.8) is 0 Å². The van der Waals surface area contributed by atoms with E-state index < -0.39 is 0 Å². The van der Waals surface area contributed by atoms with Crippen molar-refractivity contribution in [1.82, 2.24) is 19.9 Å². The largest absolute Gasteiger partial charge is 0.461 e. The number of nitrogens with one attached hydrogen (secondary N) is 1. The van der Waals surface area contributed by atoms with Gasteiger partial charge in [0.2, 0.25) is 17.8 Å². The molecule has 0 unspecified atom stereocenters. The molecule has 8 nitrogen and oxygen atoms in total. The van der Waals surface area contributed by atoms with E-state index in [4.69, 9.17) is 14.9 Å². The van der Waals surface area contributed by atoms with Crippen LogP contribution >= 0.6 is 0 Å². The summed E-state index contributed by atoms with van der Waals surface area (Å²) in [6.07, 6.45) is -0.0401. The summed E-state index contributed by atoms with van der Waals surface area (Å²) in [7, 11) is 0. The minimum Gasteiger partial charge on any atom is -0.461 e. The van der Waals surface area contributed by atoms with Crippen LogP contribution in [0.25, 0.3) is 0 Å². The smallest absolute Gasteiger partial charge is 0.323 e. The van der Waals surface area contributed by atoms with E-state index in [-0.39, 0.29) is 18.1 Å². The number of nitrogen functional groups attached to an aromatic ring is 1. The van der Waals surface area contributed by atoms with E-state index in [9.17, 15) is 0 Å². The highest BCUT2D eigenvalue weighted by Crippen LogP contribution is 2.13. The van der Waals surface area contributed by atoms with Crippen molar-refractivity contribution in [2.75, 3.05) is 11.1 Å². The standard InChI is InChI=1S/C12H18N6O2/c1-6(2)19-12-17-10(13)16-11(18-12)14-5-9-15-7(3)8(4)20-9/h6H,5H2,1-4H3,(H3,13,14,16,17,18). The number of rotatable bonds is 5. The molecule has 3 N–H and O–H groups in total. The van der Waals surface area contributed by atoms with Gasteiger partial charge in [-0.2, -0.15) is 15.0 Å². The first-order valence-corrected chi connectivity index (χ1v) is 6.29. The maximum absolute atomic E-state index is 5.61. The monoisotopic (exact) mass is 278 g/mol. The third kappa shape index (κ3) is 3.56. The first-order valence-electron chi connectivity index (χ1n) is 6.29. The van der Waals surface area contributed by atoms with E-state index in [1.54, 1.807) is 0 Å². The molecule has 0 aliphatic carbocycles. The second-order valence-electron chi connectivity index (χ2n) is 4.57. The van der Waals surface area contributed by atoms with E-state index in [1.165, 1.54) is 0 Å². The molecule has 0 amide bonds. The Morgan fingerprint density at radius 1 is 1.20 bits per heavy atom. The second-order valence-corrected chi connectivity index (χ2v) is 4.57. The summed E-state index contributed by atoms with van der Waals surface area (Å²) >= 11 is 0. The van der Waals surface area contributed by atoms with Crippen LogP contribution in [-0.4, -0.2) is 26.0 Å². The number of aromatic nitrogens is 4. The van der Waals surface area contributed by atoms with Crippen LogP contribution in [0.5, 0.6) is 6.01 Å². The number of anilines is 2. The van der Waals surface area contributed by atoms with Gasteiger partial charge in [-0.25, -0.2) is 4.98 Å². The third-order valence-electron chi connectivity index (χ3n) is 2.44. The van der Waals surface area contributed by atoms with E-state index in [2.05, 4.69) is 25.3 Å². The van der Waals surface area contributed by atoms with Crippen LogP contribution < -0.4 is 15.8 Å². The Balaban J connectivity index is 2.07. The Bertz CT molecular complexity index is 576. The fraction of sp³-hybridized carbons (Fsp3) is 0.500. The first kappa shape index (κ1) is 14.0. The molecule has 108 valence electrons. The zero-order valence-corrected chi connectivity index (χ0v) is 12.0. The minimum absolute atomic E-state index is 0.0401. The van der Waals surface area contributed by atoms with Gasteiger partial charge in [-0.3, -0.25) is 0 Å². The average molecular weight is 278 g/mol. The highest BCUT2D eigenvalue weighted by molar-refractivity contribution is 5.32. The lowest BCUT2D eigenvalue weighted by molar-refractivity contribution is 0.222. The van der Waals surface area contributed by atoms with Crippen molar-refractivity contribution >= 4 is 11.9 Å². The molecule has 0 spiro atoms. The number of ether oxygens (including phenoxy) is 1. The predicted octanol–water partition coefficient (Wildman–Crippen LogP) is 1.46. The Hall–Kier alpha value is -2.38. The number of hydrogen-bond donors (Lipinski definition) is 2. The summed E-state index contributed by atoms with van der Waals surface area (Å²) in [6.45, 7) is 7.87. The third-order valence-corrected chi connectivity index (χ3v) is 2.44. The molecule has 0 fully saturated rings. The SMILES string of the molecule is Cc1nc(CNc2nc(N)nc(OC(C)C)n2)oc1C. The van der Waals surface area contributed by atoms with Crippen molar-refractivity contribution in [3.05, 3.63) is 17.3 Å². The summed E-state index contributed by atoms with van der Waals surface area (Å²) in [5.41, 5.74) is 6.47. The molecule has 0 saturated heterocycles. The molecule has 0 aliphatic heterocycles. The number of nitrogens with two attached hydrogens (primary N) is 1. The van der Waals surface area contributed by atoms with Crippen LogP contribution in [0.2, 0.25) is 0 Å². The fourth-order valence-corrected chi connectivity index (χ4v) is 1.48. The predicted molar refractivity (Wildman–Crippen MR) is 73.3 cm³/mol. The van der Waals surface area contributed by atoms with E-state index in [1.807, 2.05) is 27.7 Å². The van der Waals surface area contributed by atoms with Crippen molar-refractivity contribution in [1.29, 1.82) is 0 Å². The minimum atomic E-state index is -0.0401. The molecule has 2 heterocycles. The van der Waals surface area contributed by atoms with Gasteiger partial charge in [-0.1, -0.05) is 0 Å². The Morgan fingerprint density at radius 3 is 2.55 bits per heavy atom. The number of aryl methyl sites for hydroxylation is 2. The molecule has 2 aromatic rings. The Kier molecular flexibility index (Phi) is 4.02. The van der Waals surface area contributed by atoms with Crippen molar-refractivity contribution in [3.8, 4) is 6.01 Å². The van der Waals surface area contributed by atoms with Crippen LogP contribution in [-0.2, 0) is 6.54 Å². The zero-order valence-electron chi connectivity index (χ0n) is 12.0. The Morgan fingerprint density at radius 2 is 1.95 bits per heavy atom. The van der Waals surface area contributed by atoms with Crippen molar-refractivity contribution in [2.45, 2.75) is 40.3 Å². The summed E-state index contributed by atoms with van der Waals surface area (Å²) in [5, 5.41) is 2.98. The molecular weight excluding hydrogens is 260 g/mol. The van der Waals surface area contributed by atoms with Crippen LogP contribution in [0.3, 0.4) is 0 Å². The molecule has 0 radical (unpaired) electrons. The van der Waals surface area contributed by atoms with Crippen LogP contribution in [0.1, 0.15) is 31.2 Å². The molecule has 20 heavy (non-hydrogen) atoms. The summed E-state index contributed by atoms with van der Waals surface area (Å²) < 4.78 is 10.8. The summed E-state index contributed by atoms with van der Waals surface area (Å²) in [4.78, 5) is 16.3. The number of oxazole rings is 1. The molecule has 2 rings (SSSR count). The average Bonchev–Trinajstić information content (AvgIpc) is 2.65. The highest BCUT2D eigenvalue weighted by atomic mass is 16.5. The van der Waals surface area contributed by atoms with E-state index >= 15 is 0 Å². The zero-order chi connectivity index (χ0) is 14.7. The maximum Gasteiger partial charge on any atom is 0.323 e. The summed E-state index contributed by atoms with van der Waals surface area (Å²) in [6, 6.07) is 0.190. The molecule has 2 aromatic heterocycles. The van der Waals surface area contributed by atoms with Crippen molar-refractivity contribution in [2.24, 2.45) is 0 Å². The van der Waals surface area contributed by atoms with Gasteiger partial charge >= 0.3 is 6.01 Å². The van der Waals surface area contributed by atoms with Gasteiger partial charge in [0.05, 0.1) is 18.3 Å². The van der Waals surface area contributed by atoms with Gasteiger partial charge in [-0.05, 0) is 27.7 Å². The van der Waals surface area contributed by atoms with Gasteiger partial charge in [0.25, 0.3) is 0 Å². The normalized spacial score (nSPS) is 10.8. The van der Waals surface area contributed by atoms with Crippen LogP contribution in [0.15, 0.2) is 4.42 Å². The second kappa shape index (κ2) is 5.72. The molecule has 0 saturated carbocycles. The molecule has 0 aliphatic rings. The first-order chi connectivity index (χ1) is 9.44. The Labute approximate surface area is 116 Å². The van der Waals surface area contributed by atoms with Gasteiger partial charge in [0.15, 0.2) is 0 Å². The van der Waals surface area contributed by atoms with Gasteiger partial charge in [0, 0.05) is 0 Å². The molecule has 0 atom stereocenters. The lowest BCUT2D eigenvalue weighted by Crippen LogP contribution is -2.13. The van der Waals surface area contributed by atoms with Crippen LogP contribution in [0.4, 0.5) is 11.9 Å². The fourth-order valence-electron chi connectivity index (χ4n) is 1.48. The van der Waals surface area contributed by atoms with Gasteiger partial charge in [0.1, 0.15) is 5.76 Å². The molecule has 0 aromatic carbocycles. The lowest BCUT2D eigenvalue weighted by atomic mass is 10.4. The quantitative estimate of drug-likeness (QED) is 0.845. The van der Waals surface area contributed by atoms with E-state index in [0.717, 1.165) is 11.5 Å². The number of hydrogen-bond acceptors (Lipinski definition) is 8. The van der Waals surface area contributed by atoms with Gasteiger partial charge in [-0.15, -0.1) is 0 Å².